The molecule has 0 aliphatic rings. The van der Waals surface area contributed by atoms with Crippen LogP contribution in [0.5, 0.6) is 0 Å². The number of benzene rings is 2. The van der Waals surface area contributed by atoms with Gasteiger partial charge in [0.2, 0.25) is 11.8 Å². The molecule has 0 unspecified atom stereocenters. The maximum absolute atomic E-state index is 12.1. The van der Waals surface area contributed by atoms with Crippen molar-refractivity contribution in [1.82, 2.24) is 5.32 Å². The standard InChI is InChI=1S/C23H19Cl2N3O3S/c1-2-21(29)26-15-4-6-16(7-5-15)27-23(32)28-22(30)12-9-17-8-11-20(31-17)18-10-3-14(24)13-19(18)25/h3-13H,2H2,1H3,(H,26,29)(H2,27,28,30,32)/b12-9+. The van der Waals surface area contributed by atoms with Crippen molar-refractivity contribution in [3.8, 4) is 11.3 Å². The molecule has 0 bridgehead atoms. The summed E-state index contributed by atoms with van der Waals surface area (Å²) in [6.45, 7) is 1.78. The lowest BCUT2D eigenvalue weighted by Crippen LogP contribution is -2.32. The number of thiocarbonyl (C=S) groups is 1. The maximum Gasteiger partial charge on any atom is 0.250 e. The topological polar surface area (TPSA) is 83.4 Å². The molecule has 6 nitrogen and oxygen atoms in total. The molecule has 1 aromatic heterocycles. The van der Waals surface area contributed by atoms with Crippen LogP contribution in [0, 0.1) is 0 Å². The summed E-state index contributed by atoms with van der Waals surface area (Å²) in [4.78, 5) is 23.6. The summed E-state index contributed by atoms with van der Waals surface area (Å²) in [5.41, 5.74) is 2.05. The summed E-state index contributed by atoms with van der Waals surface area (Å²) >= 11 is 17.3. The Bertz CT molecular complexity index is 1170. The first-order chi connectivity index (χ1) is 15.3. The highest BCUT2D eigenvalue weighted by atomic mass is 35.5. The van der Waals surface area contributed by atoms with Gasteiger partial charge in [-0.1, -0.05) is 30.1 Å². The molecule has 0 atom stereocenters. The third kappa shape index (κ3) is 6.68. The number of amides is 2. The highest BCUT2D eigenvalue weighted by molar-refractivity contribution is 7.80. The molecule has 3 rings (SSSR count). The normalized spacial score (nSPS) is 10.7. The van der Waals surface area contributed by atoms with Crippen LogP contribution in [0.3, 0.4) is 0 Å². The Labute approximate surface area is 200 Å². The largest absolute Gasteiger partial charge is 0.457 e. The number of carbonyl (C=O) groups is 2. The van der Waals surface area contributed by atoms with Crippen LogP contribution in [0.1, 0.15) is 19.1 Å². The number of halogens is 2. The Hall–Kier alpha value is -3.13. The van der Waals surface area contributed by atoms with E-state index in [-0.39, 0.29) is 11.0 Å². The van der Waals surface area contributed by atoms with Crippen molar-refractivity contribution in [2.45, 2.75) is 13.3 Å². The van der Waals surface area contributed by atoms with E-state index in [1.54, 1.807) is 61.5 Å². The van der Waals surface area contributed by atoms with Gasteiger partial charge in [0.1, 0.15) is 11.5 Å². The Morgan fingerprint density at radius 3 is 2.34 bits per heavy atom. The summed E-state index contributed by atoms with van der Waals surface area (Å²) in [6.07, 6.45) is 3.23. The van der Waals surface area contributed by atoms with Gasteiger partial charge in [-0.05, 0) is 72.9 Å². The minimum Gasteiger partial charge on any atom is -0.457 e. The predicted octanol–water partition coefficient (Wildman–Crippen LogP) is 6.13. The second-order valence-electron chi connectivity index (χ2n) is 6.58. The first kappa shape index (κ1) is 23.5. The molecule has 9 heteroatoms. The Balaban J connectivity index is 1.53. The number of furan rings is 1. The van der Waals surface area contributed by atoms with Crippen molar-refractivity contribution in [3.05, 3.63) is 76.5 Å². The number of rotatable bonds is 6. The maximum atomic E-state index is 12.1. The third-order valence-electron chi connectivity index (χ3n) is 4.21. The zero-order valence-electron chi connectivity index (χ0n) is 16.9. The van der Waals surface area contributed by atoms with Gasteiger partial charge in [0, 0.05) is 34.5 Å². The molecular formula is C23H19Cl2N3O3S. The molecule has 0 fully saturated rings. The van der Waals surface area contributed by atoms with Gasteiger partial charge >= 0.3 is 0 Å². The molecule has 0 aliphatic heterocycles. The molecule has 2 amide bonds. The van der Waals surface area contributed by atoms with Gasteiger partial charge in [-0.2, -0.15) is 0 Å². The van der Waals surface area contributed by atoms with Crippen LogP contribution in [0.25, 0.3) is 17.4 Å². The fourth-order valence-electron chi connectivity index (χ4n) is 2.64. The molecule has 2 aromatic carbocycles. The fraction of sp³-hybridized carbons (Fsp3) is 0.0870. The molecule has 3 aromatic rings. The minimum atomic E-state index is -0.420. The van der Waals surface area contributed by atoms with E-state index in [4.69, 9.17) is 39.8 Å². The van der Waals surface area contributed by atoms with E-state index in [9.17, 15) is 9.59 Å². The molecule has 0 saturated carbocycles. The Morgan fingerprint density at radius 2 is 1.69 bits per heavy atom. The summed E-state index contributed by atoms with van der Waals surface area (Å²) in [7, 11) is 0. The zero-order chi connectivity index (χ0) is 23.1. The molecule has 0 aliphatic carbocycles. The lowest BCUT2D eigenvalue weighted by molar-refractivity contribution is -0.116. The van der Waals surface area contributed by atoms with Gasteiger partial charge in [0.15, 0.2) is 5.11 Å². The molecule has 3 N–H and O–H groups in total. The minimum absolute atomic E-state index is 0.0692. The summed E-state index contributed by atoms with van der Waals surface area (Å²) < 4.78 is 5.72. The first-order valence-electron chi connectivity index (χ1n) is 9.59. The van der Waals surface area contributed by atoms with E-state index in [0.717, 1.165) is 0 Å². The zero-order valence-corrected chi connectivity index (χ0v) is 19.3. The number of nitrogens with one attached hydrogen (secondary N) is 3. The number of carbonyl (C=O) groups excluding carboxylic acids is 2. The van der Waals surface area contributed by atoms with Crippen molar-refractivity contribution >= 4 is 69.8 Å². The molecule has 0 spiro atoms. The summed E-state index contributed by atoms with van der Waals surface area (Å²) in [5.74, 6) is 0.546. The van der Waals surface area contributed by atoms with Crippen LogP contribution in [-0.2, 0) is 9.59 Å². The SMILES string of the molecule is CCC(=O)Nc1ccc(NC(=S)NC(=O)/C=C/c2ccc(-c3ccc(Cl)cc3Cl)o2)cc1. The molecule has 0 radical (unpaired) electrons. The van der Waals surface area contributed by atoms with Crippen molar-refractivity contribution in [3.63, 3.8) is 0 Å². The van der Waals surface area contributed by atoms with Crippen molar-refractivity contribution in [2.75, 3.05) is 10.6 Å². The average Bonchev–Trinajstić information content (AvgIpc) is 3.22. The summed E-state index contributed by atoms with van der Waals surface area (Å²) in [6, 6.07) is 15.5. The van der Waals surface area contributed by atoms with E-state index >= 15 is 0 Å². The van der Waals surface area contributed by atoms with Gasteiger partial charge in [-0.25, -0.2) is 0 Å². The highest BCUT2D eigenvalue weighted by Gasteiger charge is 2.09. The fourth-order valence-corrected chi connectivity index (χ4v) is 3.36. The van der Waals surface area contributed by atoms with E-state index < -0.39 is 5.91 Å². The molecule has 1 heterocycles. The van der Waals surface area contributed by atoms with Gasteiger partial charge in [-0.15, -0.1) is 0 Å². The molecular weight excluding hydrogens is 469 g/mol. The van der Waals surface area contributed by atoms with Crippen molar-refractivity contribution in [1.29, 1.82) is 0 Å². The molecule has 32 heavy (non-hydrogen) atoms. The first-order valence-corrected chi connectivity index (χ1v) is 10.8. The summed E-state index contributed by atoms with van der Waals surface area (Å²) in [5, 5.41) is 9.36. The smallest absolute Gasteiger partial charge is 0.250 e. The second kappa shape index (κ2) is 10.9. The van der Waals surface area contributed by atoms with Gasteiger partial charge in [0.05, 0.1) is 5.02 Å². The van der Waals surface area contributed by atoms with Crippen LogP contribution in [0.2, 0.25) is 10.0 Å². The van der Waals surface area contributed by atoms with Crippen LogP contribution >= 0.6 is 35.4 Å². The molecule has 0 saturated heterocycles. The number of anilines is 2. The van der Waals surface area contributed by atoms with Crippen molar-refractivity contribution in [2.24, 2.45) is 0 Å². The third-order valence-corrected chi connectivity index (χ3v) is 4.96. The highest BCUT2D eigenvalue weighted by Crippen LogP contribution is 2.31. The van der Waals surface area contributed by atoms with E-state index in [0.29, 0.717) is 44.9 Å². The lowest BCUT2D eigenvalue weighted by atomic mass is 10.2. The number of hydrogen-bond donors (Lipinski definition) is 3. The average molecular weight is 488 g/mol. The van der Waals surface area contributed by atoms with E-state index in [1.807, 2.05) is 0 Å². The van der Waals surface area contributed by atoms with Crippen LogP contribution < -0.4 is 16.0 Å². The lowest BCUT2D eigenvalue weighted by Gasteiger charge is -2.09. The molecule has 164 valence electrons. The van der Waals surface area contributed by atoms with Crippen LogP contribution in [0.15, 0.2) is 65.1 Å². The van der Waals surface area contributed by atoms with Crippen LogP contribution in [-0.4, -0.2) is 16.9 Å². The monoisotopic (exact) mass is 487 g/mol. The van der Waals surface area contributed by atoms with E-state index in [2.05, 4.69) is 16.0 Å². The van der Waals surface area contributed by atoms with Gasteiger partial charge < -0.3 is 15.1 Å². The van der Waals surface area contributed by atoms with Crippen molar-refractivity contribution < 1.29 is 14.0 Å². The van der Waals surface area contributed by atoms with Gasteiger partial charge in [-0.3, -0.25) is 14.9 Å². The van der Waals surface area contributed by atoms with Crippen LogP contribution in [0.4, 0.5) is 11.4 Å². The Kier molecular flexibility index (Phi) is 8.05. The Morgan fingerprint density at radius 1 is 1.00 bits per heavy atom. The number of hydrogen-bond acceptors (Lipinski definition) is 4. The van der Waals surface area contributed by atoms with E-state index in [1.165, 1.54) is 12.2 Å². The quantitative estimate of drug-likeness (QED) is 0.287. The predicted molar refractivity (Wildman–Crippen MR) is 133 cm³/mol. The second-order valence-corrected chi connectivity index (χ2v) is 7.83. The van der Waals surface area contributed by atoms with Gasteiger partial charge in [0.25, 0.3) is 0 Å².